The second kappa shape index (κ2) is 8.38. The number of halogens is 2. The fraction of sp³-hybridized carbons (Fsp3) is 0.462. The van der Waals surface area contributed by atoms with Gasteiger partial charge in [0.25, 0.3) is 0 Å². The zero-order chi connectivity index (χ0) is 14.3. The van der Waals surface area contributed by atoms with Gasteiger partial charge in [-0.05, 0) is 24.1 Å². The summed E-state index contributed by atoms with van der Waals surface area (Å²) in [7, 11) is 0. The quantitative estimate of drug-likeness (QED) is 0.677. The monoisotopic (exact) mass is 305 g/mol. The van der Waals surface area contributed by atoms with Crippen LogP contribution >= 0.6 is 23.2 Å². The van der Waals surface area contributed by atoms with Crippen LogP contribution in [0.1, 0.15) is 24.5 Å². The third-order valence-corrected chi connectivity index (χ3v) is 3.03. The zero-order valence-corrected chi connectivity index (χ0v) is 11.9. The van der Waals surface area contributed by atoms with Gasteiger partial charge in [0.05, 0.1) is 6.10 Å². The Labute approximate surface area is 122 Å². The molecule has 6 heteroatoms. The molecule has 2 unspecified atom stereocenters. The average Bonchev–Trinajstić information content (AvgIpc) is 2.39. The maximum Gasteiger partial charge on any atom is 0.225 e. The van der Waals surface area contributed by atoms with Crippen LogP contribution in [0.25, 0.3) is 0 Å². The molecule has 0 bridgehead atoms. The van der Waals surface area contributed by atoms with Crippen molar-refractivity contribution < 1.29 is 15.0 Å². The van der Waals surface area contributed by atoms with Crippen LogP contribution < -0.4 is 5.32 Å². The molecule has 1 aromatic rings. The van der Waals surface area contributed by atoms with E-state index in [-0.39, 0.29) is 24.1 Å². The van der Waals surface area contributed by atoms with E-state index in [1.807, 2.05) is 0 Å². The highest BCUT2D eigenvalue weighted by Gasteiger charge is 2.17. The van der Waals surface area contributed by atoms with Gasteiger partial charge in [0, 0.05) is 23.9 Å². The molecule has 19 heavy (non-hydrogen) atoms. The standard InChI is InChI=1S/C13H17Cl2NO3/c14-7-5-11(17)13(19)9-1-3-10(4-2-9)16-12(18)6-8-15/h1-4,11,13,17,19H,5-8H2,(H,16,18). The van der Waals surface area contributed by atoms with Crippen LogP contribution in [-0.4, -0.2) is 34.0 Å². The summed E-state index contributed by atoms with van der Waals surface area (Å²) in [4.78, 5) is 11.3. The second-order valence-corrected chi connectivity index (χ2v) is 4.85. The molecule has 0 aliphatic rings. The van der Waals surface area contributed by atoms with E-state index < -0.39 is 12.2 Å². The van der Waals surface area contributed by atoms with Crippen molar-refractivity contribution in [2.45, 2.75) is 25.0 Å². The fourth-order valence-corrected chi connectivity index (χ4v) is 1.96. The van der Waals surface area contributed by atoms with Gasteiger partial charge in [0.1, 0.15) is 6.10 Å². The number of aliphatic hydroxyl groups excluding tert-OH is 2. The Balaban J connectivity index is 2.63. The van der Waals surface area contributed by atoms with Gasteiger partial charge in [0.2, 0.25) is 5.91 Å². The Bertz CT molecular complexity index is 397. The smallest absolute Gasteiger partial charge is 0.225 e. The Morgan fingerprint density at radius 3 is 2.32 bits per heavy atom. The Morgan fingerprint density at radius 2 is 1.79 bits per heavy atom. The van der Waals surface area contributed by atoms with Crippen molar-refractivity contribution in [3.05, 3.63) is 29.8 Å². The van der Waals surface area contributed by atoms with Gasteiger partial charge in [-0.3, -0.25) is 4.79 Å². The summed E-state index contributed by atoms with van der Waals surface area (Å²) in [6.45, 7) is 0. The van der Waals surface area contributed by atoms with E-state index in [0.717, 1.165) is 0 Å². The summed E-state index contributed by atoms with van der Waals surface area (Å²) in [5.41, 5.74) is 1.20. The van der Waals surface area contributed by atoms with Crippen molar-refractivity contribution in [3.8, 4) is 0 Å². The van der Waals surface area contributed by atoms with Crippen molar-refractivity contribution in [1.29, 1.82) is 0 Å². The van der Waals surface area contributed by atoms with Gasteiger partial charge in [-0.1, -0.05) is 12.1 Å². The van der Waals surface area contributed by atoms with Crippen molar-refractivity contribution in [2.75, 3.05) is 17.1 Å². The first-order chi connectivity index (χ1) is 9.08. The van der Waals surface area contributed by atoms with E-state index in [0.29, 0.717) is 17.7 Å². The molecule has 0 heterocycles. The number of amides is 1. The third-order valence-electron chi connectivity index (χ3n) is 2.63. The zero-order valence-electron chi connectivity index (χ0n) is 10.4. The molecule has 3 N–H and O–H groups in total. The molecule has 1 amide bonds. The maximum absolute atomic E-state index is 11.3. The van der Waals surface area contributed by atoms with Crippen LogP contribution in [-0.2, 0) is 4.79 Å². The average molecular weight is 306 g/mol. The number of aliphatic hydroxyl groups is 2. The minimum absolute atomic E-state index is 0.162. The molecule has 0 aliphatic heterocycles. The van der Waals surface area contributed by atoms with Gasteiger partial charge in [-0.2, -0.15) is 0 Å². The molecule has 1 aromatic carbocycles. The number of hydrogen-bond acceptors (Lipinski definition) is 3. The Morgan fingerprint density at radius 1 is 1.16 bits per heavy atom. The molecule has 4 nitrogen and oxygen atoms in total. The first-order valence-corrected chi connectivity index (χ1v) is 7.03. The predicted molar refractivity (Wildman–Crippen MR) is 76.7 cm³/mol. The van der Waals surface area contributed by atoms with Crippen molar-refractivity contribution in [1.82, 2.24) is 0 Å². The third kappa shape index (κ3) is 5.37. The lowest BCUT2D eigenvalue weighted by Gasteiger charge is -2.17. The van der Waals surface area contributed by atoms with Gasteiger partial charge in [-0.25, -0.2) is 0 Å². The highest BCUT2D eigenvalue weighted by atomic mass is 35.5. The number of carbonyl (C=O) groups excluding carboxylic acids is 1. The lowest BCUT2D eigenvalue weighted by atomic mass is 10.0. The Kier molecular flexibility index (Phi) is 7.16. The molecular weight excluding hydrogens is 289 g/mol. The van der Waals surface area contributed by atoms with E-state index in [1.54, 1.807) is 24.3 Å². The van der Waals surface area contributed by atoms with Gasteiger partial charge < -0.3 is 15.5 Å². The highest BCUT2D eigenvalue weighted by molar-refractivity contribution is 6.19. The Hall–Kier alpha value is -0.810. The van der Waals surface area contributed by atoms with E-state index in [9.17, 15) is 15.0 Å². The first kappa shape index (κ1) is 16.2. The number of carbonyl (C=O) groups is 1. The summed E-state index contributed by atoms with van der Waals surface area (Å²) in [6, 6.07) is 6.63. The number of anilines is 1. The van der Waals surface area contributed by atoms with Crippen molar-refractivity contribution >= 4 is 34.8 Å². The number of rotatable bonds is 7. The van der Waals surface area contributed by atoms with E-state index >= 15 is 0 Å². The van der Waals surface area contributed by atoms with Crippen molar-refractivity contribution in [3.63, 3.8) is 0 Å². The number of nitrogens with one attached hydrogen (secondary N) is 1. The lowest BCUT2D eigenvalue weighted by molar-refractivity contribution is -0.115. The van der Waals surface area contributed by atoms with Crippen LogP contribution in [0, 0.1) is 0 Å². The van der Waals surface area contributed by atoms with Crippen LogP contribution in [0.4, 0.5) is 5.69 Å². The summed E-state index contributed by atoms with van der Waals surface area (Å²) in [5, 5.41) is 22.2. The largest absolute Gasteiger partial charge is 0.390 e. The van der Waals surface area contributed by atoms with E-state index in [1.165, 1.54) is 0 Å². The SMILES string of the molecule is O=C(CCCl)Nc1ccc(C(O)C(O)CCCl)cc1. The molecule has 1 rings (SSSR count). The van der Waals surface area contributed by atoms with Gasteiger partial charge >= 0.3 is 0 Å². The van der Waals surface area contributed by atoms with E-state index in [2.05, 4.69) is 5.32 Å². The van der Waals surface area contributed by atoms with Crippen LogP contribution in [0.3, 0.4) is 0 Å². The molecule has 0 spiro atoms. The van der Waals surface area contributed by atoms with Gasteiger partial charge in [0.15, 0.2) is 0 Å². The molecule has 0 saturated heterocycles. The molecule has 0 aromatic heterocycles. The molecular formula is C13H17Cl2NO3. The summed E-state index contributed by atoms with van der Waals surface area (Å²) in [5.74, 6) is 0.392. The van der Waals surface area contributed by atoms with Gasteiger partial charge in [-0.15, -0.1) is 23.2 Å². The van der Waals surface area contributed by atoms with Crippen LogP contribution in [0.15, 0.2) is 24.3 Å². The van der Waals surface area contributed by atoms with E-state index in [4.69, 9.17) is 23.2 Å². The highest BCUT2D eigenvalue weighted by Crippen LogP contribution is 2.21. The molecule has 0 aliphatic carbocycles. The second-order valence-electron chi connectivity index (χ2n) is 4.10. The normalized spacial score (nSPS) is 13.9. The molecule has 0 fully saturated rings. The molecule has 0 saturated carbocycles. The summed E-state index contributed by atoms with van der Waals surface area (Å²) < 4.78 is 0. The summed E-state index contributed by atoms with van der Waals surface area (Å²) in [6.07, 6.45) is -1.31. The molecule has 106 valence electrons. The lowest BCUT2D eigenvalue weighted by Crippen LogP contribution is -2.18. The summed E-state index contributed by atoms with van der Waals surface area (Å²) >= 11 is 11.0. The van der Waals surface area contributed by atoms with Crippen molar-refractivity contribution in [2.24, 2.45) is 0 Å². The maximum atomic E-state index is 11.3. The number of alkyl halides is 2. The number of benzene rings is 1. The molecule has 2 atom stereocenters. The first-order valence-electron chi connectivity index (χ1n) is 5.96. The molecule has 0 radical (unpaired) electrons. The minimum atomic E-state index is -0.980. The minimum Gasteiger partial charge on any atom is -0.390 e. The fourth-order valence-electron chi connectivity index (χ4n) is 1.56. The predicted octanol–water partition coefficient (Wildman–Crippen LogP) is 2.28. The van der Waals surface area contributed by atoms with Crippen LogP contribution in [0.2, 0.25) is 0 Å². The topological polar surface area (TPSA) is 69.6 Å². The van der Waals surface area contributed by atoms with Crippen LogP contribution in [0.5, 0.6) is 0 Å². The number of hydrogen-bond donors (Lipinski definition) is 3.